The Bertz CT molecular complexity index is 988. The number of hydrogen-bond acceptors (Lipinski definition) is 4. The molecule has 162 valence electrons. The van der Waals surface area contributed by atoms with Gasteiger partial charge in [-0.15, -0.1) is 11.8 Å². The van der Waals surface area contributed by atoms with Gasteiger partial charge >= 0.3 is 0 Å². The molecule has 2 aromatic carbocycles. The van der Waals surface area contributed by atoms with Crippen molar-refractivity contribution in [2.75, 3.05) is 24.2 Å². The zero-order valence-electron chi connectivity index (χ0n) is 17.2. The lowest BCUT2D eigenvalue weighted by atomic mass is 10.2. The smallest absolute Gasteiger partial charge is 0.243 e. The molecule has 1 unspecified atom stereocenters. The summed E-state index contributed by atoms with van der Waals surface area (Å²) >= 11 is 1.44. The van der Waals surface area contributed by atoms with E-state index >= 15 is 0 Å². The third-order valence-electron chi connectivity index (χ3n) is 5.24. The average molecular weight is 451 g/mol. The number of anilines is 1. The van der Waals surface area contributed by atoms with Crippen LogP contribution in [0.15, 0.2) is 47.4 Å². The predicted octanol–water partition coefficient (Wildman–Crippen LogP) is 4.74. The molecular formula is C22H27FN2O3S2. The number of nitrogens with zero attached hydrogens (tertiary/aromatic N) is 1. The first-order valence-electron chi connectivity index (χ1n) is 10.0. The van der Waals surface area contributed by atoms with Gasteiger partial charge in [-0.25, -0.2) is 12.8 Å². The van der Waals surface area contributed by atoms with E-state index in [-0.39, 0.29) is 27.6 Å². The molecule has 0 aliphatic carbocycles. The lowest BCUT2D eigenvalue weighted by Gasteiger charge is -2.26. The Labute approximate surface area is 182 Å². The van der Waals surface area contributed by atoms with Gasteiger partial charge in [0.1, 0.15) is 5.82 Å². The first-order valence-corrected chi connectivity index (χ1v) is 12.5. The number of carbonyl (C=O) groups is 1. The van der Waals surface area contributed by atoms with Crippen LogP contribution in [0.25, 0.3) is 0 Å². The van der Waals surface area contributed by atoms with E-state index in [9.17, 15) is 17.6 Å². The lowest BCUT2D eigenvalue weighted by molar-refractivity contribution is -0.113. The molecule has 5 nitrogen and oxygen atoms in total. The van der Waals surface area contributed by atoms with Crippen molar-refractivity contribution in [3.05, 3.63) is 59.4 Å². The van der Waals surface area contributed by atoms with Crippen molar-refractivity contribution in [3.63, 3.8) is 0 Å². The quantitative estimate of drug-likeness (QED) is 0.662. The van der Waals surface area contributed by atoms with E-state index in [4.69, 9.17) is 0 Å². The molecule has 8 heteroatoms. The van der Waals surface area contributed by atoms with Crippen LogP contribution in [-0.4, -0.2) is 37.5 Å². The van der Waals surface area contributed by atoms with Crippen molar-refractivity contribution in [1.82, 2.24) is 4.31 Å². The molecule has 30 heavy (non-hydrogen) atoms. The molecule has 1 amide bonds. The molecule has 3 rings (SSSR count). The summed E-state index contributed by atoms with van der Waals surface area (Å²) in [5.74, 6) is -0.283. The fraction of sp³-hybridized carbons (Fsp3) is 0.409. The molecule has 0 bridgehead atoms. The summed E-state index contributed by atoms with van der Waals surface area (Å²) in [7, 11) is -3.56. The molecule has 2 aromatic rings. The summed E-state index contributed by atoms with van der Waals surface area (Å²) in [6.07, 6.45) is 2.80. The molecule has 1 aliphatic heterocycles. The van der Waals surface area contributed by atoms with Gasteiger partial charge in [-0.3, -0.25) is 4.79 Å². The molecule has 0 radical (unpaired) electrons. The van der Waals surface area contributed by atoms with Crippen LogP contribution in [0.1, 0.15) is 42.6 Å². The number of carbonyl (C=O) groups excluding carboxylic acids is 1. The lowest BCUT2D eigenvalue weighted by Crippen LogP contribution is -2.35. The van der Waals surface area contributed by atoms with Crippen LogP contribution >= 0.6 is 11.8 Å². The van der Waals surface area contributed by atoms with Crippen LogP contribution in [0, 0.1) is 12.7 Å². The Balaban J connectivity index is 1.65. The van der Waals surface area contributed by atoms with Gasteiger partial charge in [0.25, 0.3) is 0 Å². The fourth-order valence-corrected chi connectivity index (χ4v) is 5.73. The molecule has 1 saturated heterocycles. The maximum atomic E-state index is 13.1. The number of sulfonamides is 1. The highest BCUT2D eigenvalue weighted by atomic mass is 32.2. The van der Waals surface area contributed by atoms with Crippen LogP contribution in [0.2, 0.25) is 0 Å². The number of halogens is 1. The number of piperidine rings is 1. The Morgan fingerprint density at radius 3 is 2.47 bits per heavy atom. The summed E-state index contributed by atoms with van der Waals surface area (Å²) in [5.41, 5.74) is 2.26. The third-order valence-corrected chi connectivity index (χ3v) is 8.34. The van der Waals surface area contributed by atoms with Gasteiger partial charge in [0, 0.05) is 24.0 Å². The first kappa shape index (κ1) is 22.8. The van der Waals surface area contributed by atoms with Gasteiger partial charge in [0.2, 0.25) is 15.9 Å². The fourth-order valence-electron chi connectivity index (χ4n) is 3.37. The second kappa shape index (κ2) is 9.94. The van der Waals surface area contributed by atoms with E-state index in [1.165, 1.54) is 28.2 Å². The molecule has 0 saturated carbocycles. The van der Waals surface area contributed by atoms with Gasteiger partial charge in [-0.05, 0) is 62.1 Å². The molecule has 0 aromatic heterocycles. The molecule has 0 spiro atoms. The monoisotopic (exact) mass is 450 g/mol. The summed E-state index contributed by atoms with van der Waals surface area (Å²) < 4.78 is 40.4. The Morgan fingerprint density at radius 2 is 1.80 bits per heavy atom. The SMILES string of the molecule is Cc1ccc(S(=O)(=O)N2CCCCC2)cc1NC(=O)CSC(C)c1ccc(F)cc1. The zero-order valence-corrected chi connectivity index (χ0v) is 18.9. The average Bonchev–Trinajstić information content (AvgIpc) is 2.74. The van der Waals surface area contributed by atoms with Crippen LogP contribution in [0.3, 0.4) is 0 Å². The standard InChI is InChI=1S/C22H27FN2O3S2/c1-16-6-11-20(30(27,28)25-12-4-3-5-13-25)14-21(16)24-22(26)15-29-17(2)18-7-9-19(23)10-8-18/h6-11,14,17H,3-5,12-13,15H2,1-2H3,(H,24,26). The van der Waals surface area contributed by atoms with Gasteiger partial charge in [-0.2, -0.15) is 4.31 Å². The van der Waals surface area contributed by atoms with E-state index in [0.717, 1.165) is 30.4 Å². The first-order chi connectivity index (χ1) is 14.3. The summed E-state index contributed by atoms with van der Waals surface area (Å²) in [4.78, 5) is 12.7. The van der Waals surface area contributed by atoms with Gasteiger partial charge in [-0.1, -0.05) is 24.6 Å². The van der Waals surface area contributed by atoms with Crippen LogP contribution in [-0.2, 0) is 14.8 Å². The van der Waals surface area contributed by atoms with Crippen LogP contribution in [0.5, 0.6) is 0 Å². The van der Waals surface area contributed by atoms with E-state index in [2.05, 4.69) is 5.32 Å². The summed E-state index contributed by atoms with van der Waals surface area (Å²) in [6.45, 7) is 4.87. The second-order valence-corrected chi connectivity index (χ2v) is 10.8. The minimum Gasteiger partial charge on any atom is -0.325 e. The van der Waals surface area contributed by atoms with E-state index < -0.39 is 10.0 Å². The number of benzene rings is 2. The van der Waals surface area contributed by atoms with Crippen molar-refractivity contribution in [3.8, 4) is 0 Å². The van der Waals surface area contributed by atoms with Gasteiger partial charge < -0.3 is 5.32 Å². The van der Waals surface area contributed by atoms with Gasteiger partial charge in [0.05, 0.1) is 10.6 Å². The van der Waals surface area contributed by atoms with Crippen molar-refractivity contribution >= 4 is 33.4 Å². The van der Waals surface area contributed by atoms with E-state index in [1.807, 2.05) is 13.8 Å². The number of thioether (sulfide) groups is 1. The summed E-state index contributed by atoms with van der Waals surface area (Å²) in [5, 5.41) is 2.87. The van der Waals surface area contributed by atoms with Crippen LogP contribution < -0.4 is 5.32 Å². The minimum atomic E-state index is -3.56. The third kappa shape index (κ3) is 5.62. The second-order valence-electron chi connectivity index (χ2n) is 7.49. The van der Waals surface area contributed by atoms with Crippen molar-refractivity contribution in [2.45, 2.75) is 43.3 Å². The van der Waals surface area contributed by atoms with E-state index in [0.29, 0.717) is 18.8 Å². The molecule has 1 aliphatic rings. The normalized spacial score (nSPS) is 16.2. The highest BCUT2D eigenvalue weighted by Crippen LogP contribution is 2.29. The zero-order chi connectivity index (χ0) is 21.7. The molecule has 1 heterocycles. The van der Waals surface area contributed by atoms with Gasteiger partial charge in [0.15, 0.2) is 0 Å². The molecule has 1 N–H and O–H groups in total. The van der Waals surface area contributed by atoms with Crippen LogP contribution in [0.4, 0.5) is 10.1 Å². The molecule has 1 atom stereocenters. The Hall–Kier alpha value is -1.90. The Morgan fingerprint density at radius 1 is 1.13 bits per heavy atom. The summed E-state index contributed by atoms with van der Waals surface area (Å²) in [6, 6.07) is 11.1. The van der Waals surface area contributed by atoms with E-state index in [1.54, 1.807) is 30.3 Å². The number of hydrogen-bond donors (Lipinski definition) is 1. The van der Waals surface area contributed by atoms with Crippen molar-refractivity contribution < 1.29 is 17.6 Å². The van der Waals surface area contributed by atoms with Crippen molar-refractivity contribution in [2.24, 2.45) is 0 Å². The van der Waals surface area contributed by atoms with Crippen molar-refractivity contribution in [1.29, 1.82) is 0 Å². The maximum absolute atomic E-state index is 13.1. The largest absolute Gasteiger partial charge is 0.325 e. The highest BCUT2D eigenvalue weighted by molar-refractivity contribution is 8.00. The minimum absolute atomic E-state index is 0.0308. The highest BCUT2D eigenvalue weighted by Gasteiger charge is 2.26. The predicted molar refractivity (Wildman–Crippen MR) is 120 cm³/mol. The maximum Gasteiger partial charge on any atom is 0.243 e. The topological polar surface area (TPSA) is 66.5 Å². The number of rotatable bonds is 7. The number of nitrogens with one attached hydrogen (secondary N) is 1. The molecule has 1 fully saturated rings. The number of amides is 1. The Kier molecular flexibility index (Phi) is 7.55. The number of aryl methyl sites for hydroxylation is 1. The molecular weight excluding hydrogens is 423 g/mol.